The van der Waals surface area contributed by atoms with E-state index in [1.54, 1.807) is 30.5 Å². The van der Waals surface area contributed by atoms with E-state index in [1.165, 1.54) is 42.8 Å². The molecule has 39 heavy (non-hydrogen) atoms. The maximum absolute atomic E-state index is 15.0. The van der Waals surface area contributed by atoms with Gasteiger partial charge in [0.2, 0.25) is 0 Å². The fourth-order valence-electron chi connectivity index (χ4n) is 4.26. The summed E-state index contributed by atoms with van der Waals surface area (Å²) in [7, 11) is 3.10. The summed E-state index contributed by atoms with van der Waals surface area (Å²) in [6.07, 6.45) is 3.74. The Hall–Kier alpha value is -4.69. The molecule has 4 heterocycles. The Bertz CT molecular complexity index is 1740. The number of aryl methyl sites for hydroxylation is 1. The lowest BCUT2D eigenvalue weighted by Gasteiger charge is -2.17. The normalized spacial score (nSPS) is 11.0. The SMILES string of the molecule is CCc1nc2ccc(-c3ncc(CC(=O)OC)cc3F)cn2c1N(C)c1nc(-c2ccc(F)cc2)c(C#N)s1. The summed E-state index contributed by atoms with van der Waals surface area (Å²) in [6.45, 7) is 1.98. The third kappa shape index (κ3) is 4.94. The number of esters is 1. The molecule has 0 atom stereocenters. The van der Waals surface area contributed by atoms with Crippen molar-refractivity contribution >= 4 is 33.9 Å². The van der Waals surface area contributed by atoms with Gasteiger partial charge in [0.1, 0.15) is 45.4 Å². The predicted molar refractivity (Wildman–Crippen MR) is 144 cm³/mol. The molecule has 8 nitrogen and oxygen atoms in total. The minimum absolute atomic E-state index is 0.0749. The van der Waals surface area contributed by atoms with Gasteiger partial charge in [0.05, 0.1) is 19.2 Å². The highest BCUT2D eigenvalue weighted by Gasteiger charge is 2.22. The van der Waals surface area contributed by atoms with Crippen LogP contribution in [0.15, 0.2) is 54.9 Å². The number of hydrogen-bond acceptors (Lipinski definition) is 8. The molecule has 0 bridgehead atoms. The minimum atomic E-state index is -0.566. The van der Waals surface area contributed by atoms with Crippen LogP contribution in [0.25, 0.3) is 28.2 Å². The minimum Gasteiger partial charge on any atom is -0.469 e. The van der Waals surface area contributed by atoms with Crippen LogP contribution in [0.2, 0.25) is 0 Å². The highest BCUT2D eigenvalue weighted by molar-refractivity contribution is 7.16. The Morgan fingerprint density at radius 2 is 1.87 bits per heavy atom. The molecule has 0 fully saturated rings. The smallest absolute Gasteiger partial charge is 0.310 e. The molecule has 0 radical (unpaired) electrons. The van der Waals surface area contributed by atoms with Gasteiger partial charge in [0.15, 0.2) is 5.13 Å². The number of methoxy groups -OCH3 is 1. The molecule has 0 saturated carbocycles. The van der Waals surface area contributed by atoms with Crippen LogP contribution in [0.5, 0.6) is 0 Å². The zero-order chi connectivity index (χ0) is 27.7. The Balaban J connectivity index is 1.57. The average Bonchev–Trinajstić information content (AvgIpc) is 3.54. The van der Waals surface area contributed by atoms with Crippen LogP contribution in [0.3, 0.4) is 0 Å². The number of ether oxygens (including phenoxy) is 1. The zero-order valence-corrected chi connectivity index (χ0v) is 22.1. The first-order valence-corrected chi connectivity index (χ1v) is 12.8. The molecule has 0 amide bonds. The number of rotatable bonds is 7. The van der Waals surface area contributed by atoms with Gasteiger partial charge in [-0.3, -0.25) is 14.2 Å². The molecule has 5 rings (SSSR count). The second kappa shape index (κ2) is 10.6. The van der Waals surface area contributed by atoms with E-state index in [2.05, 4.69) is 15.8 Å². The molecule has 0 aliphatic rings. The summed E-state index contributed by atoms with van der Waals surface area (Å²) in [5.41, 5.74) is 3.60. The van der Waals surface area contributed by atoms with E-state index in [0.29, 0.717) is 50.3 Å². The summed E-state index contributed by atoms with van der Waals surface area (Å²) >= 11 is 1.21. The van der Waals surface area contributed by atoms with Gasteiger partial charge >= 0.3 is 5.97 Å². The van der Waals surface area contributed by atoms with Crippen LogP contribution < -0.4 is 4.90 Å². The van der Waals surface area contributed by atoms with Gasteiger partial charge in [-0.15, -0.1) is 0 Å². The van der Waals surface area contributed by atoms with E-state index < -0.39 is 11.8 Å². The number of fused-ring (bicyclic) bond motifs is 1. The van der Waals surface area contributed by atoms with Crippen LogP contribution in [-0.2, 0) is 22.4 Å². The van der Waals surface area contributed by atoms with Gasteiger partial charge in [-0.25, -0.2) is 18.7 Å². The molecular formula is C28H22F2N6O2S. The molecule has 5 aromatic rings. The van der Waals surface area contributed by atoms with E-state index in [4.69, 9.17) is 9.97 Å². The molecule has 0 saturated heterocycles. The van der Waals surface area contributed by atoms with Gasteiger partial charge in [-0.1, -0.05) is 18.3 Å². The largest absolute Gasteiger partial charge is 0.469 e. The molecule has 4 aromatic heterocycles. The van der Waals surface area contributed by atoms with Crippen molar-refractivity contribution in [1.82, 2.24) is 19.4 Å². The fourth-order valence-corrected chi connectivity index (χ4v) is 5.11. The van der Waals surface area contributed by atoms with Gasteiger partial charge in [-0.2, -0.15) is 5.26 Å². The number of carbonyl (C=O) groups is 1. The number of halogens is 2. The molecule has 11 heteroatoms. The zero-order valence-electron chi connectivity index (χ0n) is 21.3. The van der Waals surface area contributed by atoms with Crippen LogP contribution >= 0.6 is 11.3 Å². The topological polar surface area (TPSA) is 96.4 Å². The van der Waals surface area contributed by atoms with E-state index >= 15 is 4.39 Å². The maximum Gasteiger partial charge on any atom is 0.310 e. The monoisotopic (exact) mass is 544 g/mol. The Labute approximate surface area is 226 Å². The molecule has 1 aromatic carbocycles. The van der Waals surface area contributed by atoms with Crippen molar-refractivity contribution in [3.8, 4) is 28.6 Å². The number of hydrogen-bond donors (Lipinski definition) is 0. The second-order valence-electron chi connectivity index (χ2n) is 8.66. The van der Waals surface area contributed by atoms with Crippen molar-refractivity contribution in [2.24, 2.45) is 0 Å². The number of benzene rings is 1. The number of nitrogens with zero attached hydrogens (tertiary/aromatic N) is 6. The molecule has 0 aliphatic carbocycles. The first kappa shape index (κ1) is 25.9. The number of nitriles is 1. The summed E-state index contributed by atoms with van der Waals surface area (Å²) in [5, 5.41) is 10.3. The van der Waals surface area contributed by atoms with Crippen LogP contribution in [0.1, 0.15) is 23.1 Å². The molecule has 0 N–H and O–H groups in total. The lowest BCUT2D eigenvalue weighted by Crippen LogP contribution is -2.13. The first-order chi connectivity index (χ1) is 18.8. The average molecular weight is 545 g/mol. The van der Waals surface area contributed by atoms with Gasteiger partial charge in [-0.05, 0) is 54.4 Å². The van der Waals surface area contributed by atoms with Crippen molar-refractivity contribution < 1.29 is 18.3 Å². The van der Waals surface area contributed by atoms with Crippen molar-refractivity contribution in [2.75, 3.05) is 19.1 Å². The maximum atomic E-state index is 15.0. The number of thiazole rings is 1. The Morgan fingerprint density at radius 3 is 2.54 bits per heavy atom. The highest BCUT2D eigenvalue weighted by atomic mass is 32.1. The number of imidazole rings is 1. The Morgan fingerprint density at radius 1 is 1.13 bits per heavy atom. The third-order valence-electron chi connectivity index (χ3n) is 6.18. The predicted octanol–water partition coefficient (Wildman–Crippen LogP) is 5.72. The highest BCUT2D eigenvalue weighted by Crippen LogP contribution is 2.37. The van der Waals surface area contributed by atoms with Gasteiger partial charge in [0, 0.05) is 30.6 Å². The first-order valence-electron chi connectivity index (χ1n) is 12.0. The molecular weight excluding hydrogens is 522 g/mol. The summed E-state index contributed by atoms with van der Waals surface area (Å²) < 4.78 is 35.0. The Kier molecular flexibility index (Phi) is 7.04. The lowest BCUT2D eigenvalue weighted by atomic mass is 10.1. The summed E-state index contributed by atoms with van der Waals surface area (Å²) in [5.74, 6) is -0.708. The summed E-state index contributed by atoms with van der Waals surface area (Å²) in [4.78, 5) is 27.5. The number of pyridine rings is 2. The van der Waals surface area contributed by atoms with Crippen LogP contribution in [0, 0.1) is 23.0 Å². The van der Waals surface area contributed by atoms with E-state index in [-0.39, 0.29) is 17.9 Å². The fraction of sp³-hybridized carbons (Fsp3) is 0.179. The quantitative estimate of drug-likeness (QED) is 0.242. The molecule has 0 spiro atoms. The van der Waals surface area contributed by atoms with E-state index in [9.17, 15) is 14.4 Å². The van der Waals surface area contributed by atoms with Crippen LogP contribution in [0.4, 0.5) is 19.7 Å². The van der Waals surface area contributed by atoms with Crippen molar-refractivity contribution in [3.63, 3.8) is 0 Å². The van der Waals surface area contributed by atoms with Crippen molar-refractivity contribution in [3.05, 3.63) is 82.6 Å². The van der Waals surface area contributed by atoms with Gasteiger partial charge in [0.25, 0.3) is 0 Å². The molecule has 0 unspecified atom stereocenters. The standard InChI is InChI=1S/C28H22F2N6O2S/c1-4-21-27(35(2)28-34-26(22(13-31)39-28)17-5-8-19(29)9-6-17)36-15-18(7-10-23(36)33-21)25-20(30)11-16(14-32-25)12-24(37)38-3/h5-11,14-15H,4,12H2,1-3H3. The third-order valence-corrected chi connectivity index (χ3v) is 7.22. The second-order valence-corrected chi connectivity index (χ2v) is 9.64. The van der Waals surface area contributed by atoms with Crippen molar-refractivity contribution in [2.45, 2.75) is 19.8 Å². The van der Waals surface area contributed by atoms with E-state index in [0.717, 1.165) is 5.69 Å². The molecule has 196 valence electrons. The van der Waals surface area contributed by atoms with Crippen LogP contribution in [-0.4, -0.2) is 39.5 Å². The molecule has 0 aliphatic heterocycles. The van der Waals surface area contributed by atoms with E-state index in [1.807, 2.05) is 23.3 Å². The number of carbonyl (C=O) groups excluding carboxylic acids is 1. The van der Waals surface area contributed by atoms with Gasteiger partial charge < -0.3 is 9.64 Å². The lowest BCUT2D eigenvalue weighted by molar-refractivity contribution is -0.139. The number of anilines is 2. The number of aromatic nitrogens is 4. The van der Waals surface area contributed by atoms with Crippen molar-refractivity contribution in [1.29, 1.82) is 5.26 Å². The summed E-state index contributed by atoms with van der Waals surface area (Å²) in [6, 6.07) is 12.8.